The maximum Gasteiger partial charge on any atom is 0.331 e. The van der Waals surface area contributed by atoms with Crippen LogP contribution in [0.25, 0.3) is 0 Å². The zero-order chi connectivity index (χ0) is 32.4. The summed E-state index contributed by atoms with van der Waals surface area (Å²) in [5.74, 6) is -1.59. The highest BCUT2D eigenvalue weighted by molar-refractivity contribution is 5.88. The Bertz CT molecular complexity index is 1310. The maximum atomic E-state index is 12.8. The fourth-order valence-corrected chi connectivity index (χ4v) is 10.6. The number of nitrogens with zero attached hydrogens (tertiary/aromatic N) is 3. The number of nitrogens with two attached hydrogens (primary N) is 2. The van der Waals surface area contributed by atoms with Gasteiger partial charge in [-0.15, -0.1) is 5.10 Å². The number of aliphatic carboxylic acids is 1. The van der Waals surface area contributed by atoms with Crippen LogP contribution in [0.5, 0.6) is 0 Å². The molecule has 4 saturated carbocycles. The van der Waals surface area contributed by atoms with Crippen LogP contribution in [0.4, 0.5) is 0 Å². The molecule has 0 unspecified atom stereocenters. The molecule has 1 aromatic heterocycles. The molecular formula is C33H53N5O6. The highest BCUT2D eigenvalue weighted by atomic mass is 16.5. The predicted molar refractivity (Wildman–Crippen MR) is 163 cm³/mol. The minimum atomic E-state index is -1.22. The van der Waals surface area contributed by atoms with E-state index in [2.05, 4.69) is 44.9 Å². The Hall–Kier alpha value is -2.34. The zero-order valence-corrected chi connectivity index (χ0v) is 27.3. The van der Waals surface area contributed by atoms with Crippen LogP contribution in [0, 0.1) is 39.9 Å². The lowest BCUT2D eigenvalue weighted by atomic mass is 9.36. The van der Waals surface area contributed by atoms with Gasteiger partial charge >= 0.3 is 11.9 Å². The fourth-order valence-electron chi connectivity index (χ4n) is 10.6. The molecule has 0 aromatic carbocycles. The number of carbonyl (C=O) groups is 2. The van der Waals surface area contributed by atoms with Gasteiger partial charge in [-0.25, -0.2) is 9.48 Å². The van der Waals surface area contributed by atoms with Crippen LogP contribution in [-0.4, -0.2) is 60.6 Å². The van der Waals surface area contributed by atoms with E-state index in [1.165, 1.54) is 6.92 Å². The highest BCUT2D eigenvalue weighted by Crippen LogP contribution is 2.75. The van der Waals surface area contributed by atoms with E-state index in [-0.39, 0.29) is 24.3 Å². The van der Waals surface area contributed by atoms with Crippen LogP contribution in [0.15, 0.2) is 17.3 Å². The standard InChI is InChI=1S/C33H53N5O6/c1-18(2)8-7-9-21(29(42)43)27-22-14-23(40)28-30(4)12-11-26(41)33(35,38-17-20(16-34)36-37-38)25(30)10-13-31(28,5)32(22,6)15-24(27)44-19(3)39/h17-18,22-26,28,40-41H,7-16,34-35H2,1-6H3,(H,42,43)/b27-21-/t22-,23+,24-,25+,26+,28-,30-,31-,32-,33+/m0/s1. The highest BCUT2D eigenvalue weighted by Gasteiger charge is 2.73. The lowest BCUT2D eigenvalue weighted by Gasteiger charge is -2.70. The smallest absolute Gasteiger partial charge is 0.331 e. The second-order valence-corrected chi connectivity index (χ2v) is 15.4. The van der Waals surface area contributed by atoms with Crippen molar-refractivity contribution in [1.29, 1.82) is 0 Å². The molecule has 5 rings (SSSR count). The molecule has 0 amide bonds. The lowest BCUT2D eigenvalue weighted by molar-refractivity contribution is -0.250. The summed E-state index contributed by atoms with van der Waals surface area (Å²) in [5.41, 5.74) is 12.1. The van der Waals surface area contributed by atoms with Gasteiger partial charge in [0.2, 0.25) is 0 Å². The van der Waals surface area contributed by atoms with Gasteiger partial charge < -0.3 is 31.5 Å². The van der Waals surface area contributed by atoms with Gasteiger partial charge in [-0.05, 0) is 90.9 Å². The summed E-state index contributed by atoms with van der Waals surface area (Å²) in [6, 6.07) is 0. The van der Waals surface area contributed by atoms with E-state index in [1.54, 1.807) is 10.9 Å². The van der Waals surface area contributed by atoms with Crippen LogP contribution >= 0.6 is 0 Å². The Morgan fingerprint density at radius 2 is 1.86 bits per heavy atom. The largest absolute Gasteiger partial charge is 0.478 e. The Labute approximate surface area is 260 Å². The summed E-state index contributed by atoms with van der Waals surface area (Å²) >= 11 is 0. The molecule has 1 heterocycles. The number of ether oxygens (including phenoxy) is 1. The Balaban J connectivity index is 1.59. The van der Waals surface area contributed by atoms with Gasteiger partial charge in [0.15, 0.2) is 0 Å². The third-order valence-corrected chi connectivity index (χ3v) is 12.7. The van der Waals surface area contributed by atoms with Crippen molar-refractivity contribution in [3.63, 3.8) is 0 Å². The molecule has 0 aliphatic heterocycles. The SMILES string of the molecule is CC(=O)O[C@H]1C[C@@]2(C)[C@@H](C[C@@H](O)[C@H]3[C@@]4(C)CC[C@@H](O)[C@](N)(n5cc(CN)nn5)[C@@H]4CC[C@@]32C)/C1=C(\CCCC(C)C)C(=O)O. The summed E-state index contributed by atoms with van der Waals surface area (Å²) < 4.78 is 7.52. The van der Waals surface area contributed by atoms with Crippen molar-refractivity contribution >= 4 is 11.9 Å². The van der Waals surface area contributed by atoms with Gasteiger partial charge in [-0.2, -0.15) is 0 Å². The number of aromatic nitrogens is 3. The Morgan fingerprint density at radius 1 is 1.16 bits per heavy atom. The molecule has 0 saturated heterocycles. The predicted octanol–water partition coefficient (Wildman–Crippen LogP) is 3.47. The van der Waals surface area contributed by atoms with E-state index in [0.29, 0.717) is 67.7 Å². The molecule has 4 aliphatic rings. The molecule has 11 heteroatoms. The number of hydrogen-bond donors (Lipinski definition) is 5. The molecule has 246 valence electrons. The zero-order valence-electron chi connectivity index (χ0n) is 27.3. The summed E-state index contributed by atoms with van der Waals surface area (Å²) in [7, 11) is 0. The van der Waals surface area contributed by atoms with Crippen molar-refractivity contribution in [3.05, 3.63) is 23.0 Å². The second-order valence-electron chi connectivity index (χ2n) is 15.4. The minimum absolute atomic E-state index is 0.186. The van der Waals surface area contributed by atoms with E-state index in [9.17, 15) is 24.9 Å². The molecular weight excluding hydrogens is 562 g/mol. The van der Waals surface area contributed by atoms with Gasteiger partial charge in [-0.1, -0.05) is 46.3 Å². The number of rotatable bonds is 8. The van der Waals surface area contributed by atoms with Gasteiger partial charge in [0.1, 0.15) is 11.8 Å². The van der Waals surface area contributed by atoms with Crippen molar-refractivity contribution in [2.75, 3.05) is 0 Å². The normalized spacial score (nSPS) is 42.8. The minimum Gasteiger partial charge on any atom is -0.478 e. The molecule has 7 N–H and O–H groups in total. The molecule has 4 aliphatic carbocycles. The summed E-state index contributed by atoms with van der Waals surface area (Å²) in [4.78, 5) is 25.2. The molecule has 0 radical (unpaired) electrons. The van der Waals surface area contributed by atoms with Crippen LogP contribution in [0.1, 0.15) is 105 Å². The fraction of sp³-hybridized carbons (Fsp3) is 0.818. The Morgan fingerprint density at radius 3 is 2.45 bits per heavy atom. The van der Waals surface area contributed by atoms with Crippen molar-refractivity contribution < 1.29 is 29.6 Å². The Kier molecular flexibility index (Phi) is 8.61. The van der Waals surface area contributed by atoms with Crippen LogP contribution in [0.3, 0.4) is 0 Å². The van der Waals surface area contributed by atoms with Gasteiger partial charge in [0.05, 0.1) is 24.1 Å². The number of fused-ring (bicyclic) bond motifs is 5. The number of aliphatic hydroxyl groups excluding tert-OH is 2. The average Bonchev–Trinajstić information content (AvgIpc) is 3.52. The maximum absolute atomic E-state index is 12.8. The topological polar surface area (TPSA) is 187 Å². The van der Waals surface area contributed by atoms with Crippen molar-refractivity contribution in [2.45, 2.75) is 130 Å². The molecule has 44 heavy (non-hydrogen) atoms. The first-order valence-corrected chi connectivity index (χ1v) is 16.4. The molecule has 10 atom stereocenters. The lowest BCUT2D eigenvalue weighted by Crippen LogP contribution is -2.72. The van der Waals surface area contributed by atoms with Crippen LogP contribution in [0.2, 0.25) is 0 Å². The summed E-state index contributed by atoms with van der Waals surface area (Å²) in [5, 5.41) is 42.6. The number of esters is 1. The number of aliphatic hydroxyl groups is 2. The van der Waals surface area contributed by atoms with E-state index in [0.717, 1.165) is 12.8 Å². The van der Waals surface area contributed by atoms with E-state index < -0.39 is 52.2 Å². The third kappa shape index (κ3) is 4.84. The van der Waals surface area contributed by atoms with Crippen molar-refractivity contribution in [3.8, 4) is 0 Å². The summed E-state index contributed by atoms with van der Waals surface area (Å²) in [6.07, 6.45) is 4.94. The third-order valence-electron chi connectivity index (χ3n) is 12.7. The first-order chi connectivity index (χ1) is 20.5. The van der Waals surface area contributed by atoms with Crippen LogP contribution in [-0.2, 0) is 26.5 Å². The van der Waals surface area contributed by atoms with E-state index in [4.69, 9.17) is 16.2 Å². The first-order valence-electron chi connectivity index (χ1n) is 16.4. The summed E-state index contributed by atoms with van der Waals surface area (Å²) in [6.45, 7) is 12.5. The monoisotopic (exact) mass is 615 g/mol. The number of carboxylic acids is 1. The number of carboxylic acid groups (broad SMARTS) is 1. The number of carbonyl (C=O) groups excluding carboxylic acids is 1. The molecule has 1 aromatic rings. The molecule has 0 spiro atoms. The molecule has 0 bridgehead atoms. The van der Waals surface area contributed by atoms with Gasteiger partial charge in [0, 0.05) is 25.0 Å². The first kappa shape index (κ1) is 33.0. The molecule has 11 nitrogen and oxygen atoms in total. The number of hydrogen-bond acceptors (Lipinski definition) is 9. The van der Waals surface area contributed by atoms with Crippen molar-refractivity contribution in [2.24, 2.45) is 51.4 Å². The average molecular weight is 616 g/mol. The van der Waals surface area contributed by atoms with Gasteiger partial charge in [-0.3, -0.25) is 4.79 Å². The second kappa shape index (κ2) is 11.5. The van der Waals surface area contributed by atoms with Gasteiger partial charge in [0.25, 0.3) is 0 Å². The van der Waals surface area contributed by atoms with E-state index in [1.807, 2.05) is 0 Å². The molecule has 4 fully saturated rings. The van der Waals surface area contributed by atoms with Crippen molar-refractivity contribution in [1.82, 2.24) is 15.0 Å². The van der Waals surface area contributed by atoms with E-state index >= 15 is 0 Å². The van der Waals surface area contributed by atoms with Crippen LogP contribution < -0.4 is 11.5 Å². The quantitative estimate of drug-likeness (QED) is 0.214.